The fraction of sp³-hybridized carbons (Fsp3) is 1.00. The Kier molecular flexibility index (Phi) is 1.46. The summed E-state index contributed by atoms with van der Waals surface area (Å²) in [5, 5.41) is 3.38. The Hall–Kier alpha value is -0.0800. The highest BCUT2D eigenvalue weighted by molar-refractivity contribution is 4.94. The van der Waals surface area contributed by atoms with E-state index in [0.29, 0.717) is 11.5 Å². The van der Waals surface area contributed by atoms with Gasteiger partial charge in [-0.2, -0.15) is 0 Å². The van der Waals surface area contributed by atoms with E-state index in [1.807, 2.05) is 0 Å². The molecule has 0 radical (unpaired) electrons. The fourth-order valence-electron chi connectivity index (χ4n) is 2.06. The molecule has 2 unspecified atom stereocenters. The molecule has 1 N–H and O–H groups in total. The molecular weight excluding hydrogens is 126 g/mol. The van der Waals surface area contributed by atoms with Gasteiger partial charge in [-0.25, -0.2) is 0 Å². The van der Waals surface area contributed by atoms with Crippen molar-refractivity contribution in [2.45, 2.75) is 25.9 Å². The summed E-state index contributed by atoms with van der Waals surface area (Å²) in [6.45, 7) is 5.52. The molecule has 2 fully saturated rings. The molecule has 0 aromatic carbocycles. The lowest BCUT2D eigenvalue weighted by molar-refractivity contribution is -0.0444. The monoisotopic (exact) mass is 141 g/mol. The van der Waals surface area contributed by atoms with Gasteiger partial charge in [-0.3, -0.25) is 0 Å². The molecule has 0 aliphatic carbocycles. The van der Waals surface area contributed by atoms with E-state index >= 15 is 0 Å². The van der Waals surface area contributed by atoms with E-state index in [0.717, 1.165) is 19.7 Å². The van der Waals surface area contributed by atoms with Gasteiger partial charge in [0, 0.05) is 25.1 Å². The predicted molar refractivity (Wildman–Crippen MR) is 40.0 cm³/mol. The molecule has 2 saturated heterocycles. The molecule has 0 amide bonds. The maximum Gasteiger partial charge on any atom is 0.0764 e. The van der Waals surface area contributed by atoms with Crippen molar-refractivity contribution in [1.29, 1.82) is 0 Å². The van der Waals surface area contributed by atoms with Crippen LogP contribution in [-0.2, 0) is 4.74 Å². The minimum absolute atomic E-state index is 0.457. The molecule has 2 rings (SSSR count). The van der Waals surface area contributed by atoms with Crippen LogP contribution in [0.5, 0.6) is 0 Å². The minimum atomic E-state index is 0.457. The lowest BCUT2D eigenvalue weighted by atomic mass is 9.81. The maximum atomic E-state index is 5.64. The zero-order chi connectivity index (χ0) is 7.03. The van der Waals surface area contributed by atoms with Gasteiger partial charge in [0.15, 0.2) is 0 Å². The largest absolute Gasteiger partial charge is 0.376 e. The van der Waals surface area contributed by atoms with Gasteiger partial charge < -0.3 is 10.1 Å². The quantitative estimate of drug-likeness (QED) is 0.538. The van der Waals surface area contributed by atoms with Gasteiger partial charge in [0.2, 0.25) is 0 Å². The van der Waals surface area contributed by atoms with Crippen molar-refractivity contribution in [1.82, 2.24) is 5.32 Å². The number of hydrogen-bond acceptors (Lipinski definition) is 2. The average Bonchev–Trinajstić information content (AvgIpc) is 2.29. The predicted octanol–water partition coefficient (Wildman–Crippen LogP) is 0.775. The smallest absolute Gasteiger partial charge is 0.0764 e. The van der Waals surface area contributed by atoms with Crippen LogP contribution in [0.2, 0.25) is 0 Å². The van der Waals surface area contributed by atoms with E-state index < -0.39 is 0 Å². The molecule has 0 spiro atoms. The molecule has 10 heavy (non-hydrogen) atoms. The van der Waals surface area contributed by atoms with Crippen LogP contribution >= 0.6 is 0 Å². The molecule has 2 heteroatoms. The molecule has 0 aromatic heterocycles. The first-order chi connectivity index (χ1) is 4.81. The van der Waals surface area contributed by atoms with Crippen LogP contribution in [-0.4, -0.2) is 25.8 Å². The van der Waals surface area contributed by atoms with Crippen LogP contribution < -0.4 is 5.32 Å². The fourth-order valence-corrected chi connectivity index (χ4v) is 2.06. The van der Waals surface area contributed by atoms with E-state index in [-0.39, 0.29) is 0 Å². The summed E-state index contributed by atoms with van der Waals surface area (Å²) in [6, 6.07) is 0. The Bertz CT molecular complexity index is 137. The van der Waals surface area contributed by atoms with Gasteiger partial charge in [-0.1, -0.05) is 6.92 Å². The van der Waals surface area contributed by atoms with Gasteiger partial charge >= 0.3 is 0 Å². The molecule has 2 heterocycles. The van der Waals surface area contributed by atoms with Crippen LogP contribution in [0.4, 0.5) is 0 Å². The summed E-state index contributed by atoms with van der Waals surface area (Å²) in [7, 11) is 0. The number of rotatable bonds is 0. The van der Waals surface area contributed by atoms with Crippen LogP contribution in [0.3, 0.4) is 0 Å². The van der Waals surface area contributed by atoms with Crippen molar-refractivity contribution in [2.24, 2.45) is 5.41 Å². The Morgan fingerprint density at radius 2 is 2.50 bits per heavy atom. The normalized spacial score (nSPS) is 47.1. The van der Waals surface area contributed by atoms with Crippen LogP contribution in [0.25, 0.3) is 0 Å². The Balaban J connectivity index is 2.10. The number of fused-ring (bicyclic) bond motifs is 1. The van der Waals surface area contributed by atoms with Gasteiger partial charge in [-0.05, 0) is 12.8 Å². The molecule has 58 valence electrons. The molecule has 0 saturated carbocycles. The van der Waals surface area contributed by atoms with Gasteiger partial charge in [0.1, 0.15) is 0 Å². The van der Waals surface area contributed by atoms with Crippen molar-refractivity contribution in [3.8, 4) is 0 Å². The lowest BCUT2D eigenvalue weighted by Crippen LogP contribution is -2.37. The number of hydrogen-bond donors (Lipinski definition) is 1. The summed E-state index contributed by atoms with van der Waals surface area (Å²) in [5.74, 6) is 0. The Morgan fingerprint density at radius 1 is 1.60 bits per heavy atom. The Morgan fingerprint density at radius 3 is 3.30 bits per heavy atom. The highest BCUT2D eigenvalue weighted by Crippen LogP contribution is 2.35. The summed E-state index contributed by atoms with van der Waals surface area (Å²) >= 11 is 0. The van der Waals surface area contributed by atoms with E-state index in [9.17, 15) is 0 Å². The zero-order valence-electron chi connectivity index (χ0n) is 6.52. The summed E-state index contributed by atoms with van der Waals surface area (Å²) in [4.78, 5) is 0. The van der Waals surface area contributed by atoms with Crippen molar-refractivity contribution in [3.05, 3.63) is 0 Å². The SMILES string of the molecule is CC12CCCOC1CNC2. The molecule has 2 atom stereocenters. The number of ether oxygens (including phenoxy) is 1. The second kappa shape index (κ2) is 2.21. The molecule has 2 nitrogen and oxygen atoms in total. The summed E-state index contributed by atoms with van der Waals surface area (Å²) in [6.07, 6.45) is 3.08. The highest BCUT2D eigenvalue weighted by atomic mass is 16.5. The first-order valence-corrected chi connectivity index (χ1v) is 4.14. The number of nitrogens with one attached hydrogen (secondary N) is 1. The van der Waals surface area contributed by atoms with Crippen LogP contribution in [0.1, 0.15) is 19.8 Å². The minimum Gasteiger partial charge on any atom is -0.376 e. The van der Waals surface area contributed by atoms with Crippen molar-refractivity contribution in [3.63, 3.8) is 0 Å². The second-order valence-electron chi connectivity index (χ2n) is 3.75. The molecule has 0 bridgehead atoms. The van der Waals surface area contributed by atoms with E-state index in [4.69, 9.17) is 4.74 Å². The first-order valence-electron chi connectivity index (χ1n) is 4.14. The average molecular weight is 141 g/mol. The first kappa shape index (κ1) is 6.62. The Labute approximate surface area is 61.9 Å². The third-order valence-corrected chi connectivity index (χ3v) is 2.85. The van der Waals surface area contributed by atoms with Gasteiger partial charge in [-0.15, -0.1) is 0 Å². The zero-order valence-corrected chi connectivity index (χ0v) is 6.52. The van der Waals surface area contributed by atoms with Gasteiger partial charge in [0.25, 0.3) is 0 Å². The van der Waals surface area contributed by atoms with Crippen LogP contribution in [0, 0.1) is 5.41 Å². The molecule has 2 aliphatic rings. The lowest BCUT2D eigenvalue weighted by Gasteiger charge is -2.34. The molecule has 0 aromatic rings. The molecular formula is C8H15NO. The van der Waals surface area contributed by atoms with E-state index in [2.05, 4.69) is 12.2 Å². The van der Waals surface area contributed by atoms with Crippen molar-refractivity contribution < 1.29 is 4.74 Å². The maximum absolute atomic E-state index is 5.64. The van der Waals surface area contributed by atoms with E-state index in [1.165, 1.54) is 12.8 Å². The third-order valence-electron chi connectivity index (χ3n) is 2.85. The standard InChI is InChI=1S/C8H15NO/c1-8-3-2-4-10-7(8)5-9-6-8/h7,9H,2-6H2,1H3. The highest BCUT2D eigenvalue weighted by Gasteiger charge is 2.41. The third kappa shape index (κ3) is 0.867. The van der Waals surface area contributed by atoms with Crippen LogP contribution in [0.15, 0.2) is 0 Å². The summed E-state index contributed by atoms with van der Waals surface area (Å²) in [5.41, 5.74) is 0.457. The van der Waals surface area contributed by atoms with Crippen molar-refractivity contribution in [2.75, 3.05) is 19.7 Å². The van der Waals surface area contributed by atoms with Gasteiger partial charge in [0.05, 0.1) is 6.10 Å². The van der Waals surface area contributed by atoms with Crippen molar-refractivity contribution >= 4 is 0 Å². The summed E-state index contributed by atoms with van der Waals surface area (Å²) < 4.78 is 5.64. The van der Waals surface area contributed by atoms with E-state index in [1.54, 1.807) is 0 Å². The molecule has 2 aliphatic heterocycles. The topological polar surface area (TPSA) is 21.3 Å². The second-order valence-corrected chi connectivity index (χ2v) is 3.75.